The van der Waals surface area contributed by atoms with Crippen LogP contribution in [0.4, 0.5) is 0 Å². The van der Waals surface area contributed by atoms with Crippen LogP contribution < -0.4 is 23.7 Å². The van der Waals surface area contributed by atoms with Gasteiger partial charge in [-0.05, 0) is 140 Å². The summed E-state index contributed by atoms with van der Waals surface area (Å²) in [7, 11) is 0. The molecule has 15 heteroatoms. The highest BCUT2D eigenvalue weighted by Gasteiger charge is 2.18. The Morgan fingerprint density at radius 1 is 0.303 bits per heavy atom. The van der Waals surface area contributed by atoms with Gasteiger partial charge in [0.15, 0.2) is 28.9 Å². The van der Waals surface area contributed by atoms with E-state index in [4.69, 9.17) is 23.7 Å². The lowest BCUT2D eigenvalue weighted by atomic mass is 10.0. The molecule has 516 valence electrons. The second-order valence-electron chi connectivity index (χ2n) is 23.2. The molecule has 0 bridgehead atoms. The van der Waals surface area contributed by atoms with E-state index < -0.39 is 0 Å². The summed E-state index contributed by atoms with van der Waals surface area (Å²) < 4.78 is 28.0. The normalized spacial score (nSPS) is 10.2. The molecular weight excluding hydrogens is 1250 g/mol. The Labute approximate surface area is 581 Å². The number of benzene rings is 10. The second-order valence-corrected chi connectivity index (χ2v) is 23.2. The third-order valence-corrected chi connectivity index (χ3v) is 14.4. The van der Waals surface area contributed by atoms with Crippen LogP contribution in [0.2, 0.25) is 0 Å². The van der Waals surface area contributed by atoms with Gasteiger partial charge in [0.2, 0.25) is 0 Å². The van der Waals surface area contributed by atoms with Crippen LogP contribution in [0.15, 0.2) is 243 Å². The van der Waals surface area contributed by atoms with Crippen LogP contribution >= 0.6 is 0 Å². The highest BCUT2D eigenvalue weighted by Crippen LogP contribution is 2.34. The zero-order valence-electron chi connectivity index (χ0n) is 56.4. The van der Waals surface area contributed by atoms with E-state index in [-0.39, 0.29) is 76.9 Å². The van der Waals surface area contributed by atoms with Gasteiger partial charge in [0.1, 0.15) is 86.2 Å². The molecule has 10 rings (SSSR count). The molecular formula is C84H90O15. The van der Waals surface area contributed by atoms with Crippen LogP contribution in [0.3, 0.4) is 0 Å². The van der Waals surface area contributed by atoms with Gasteiger partial charge in [0.25, 0.3) is 0 Å². The number of hydrogen-bond acceptors (Lipinski definition) is 15. The van der Waals surface area contributed by atoms with Gasteiger partial charge in [0.05, 0.1) is 27.8 Å². The van der Waals surface area contributed by atoms with Crippen LogP contribution in [0, 0.1) is 11.8 Å². The average molecular weight is 1340 g/mol. The summed E-state index contributed by atoms with van der Waals surface area (Å²) in [5.41, 5.74) is 1.73. The van der Waals surface area contributed by atoms with Gasteiger partial charge in [-0.1, -0.05) is 166 Å². The molecule has 0 saturated heterocycles. The first-order valence-electron chi connectivity index (χ1n) is 32.7. The van der Waals surface area contributed by atoms with Crippen LogP contribution in [0.5, 0.6) is 86.2 Å². The number of rotatable bonds is 26. The maximum Gasteiger partial charge on any atom is 0.169 e. The number of carbonyl (C=O) groups excluding carboxylic acids is 5. The Morgan fingerprint density at radius 2 is 0.556 bits per heavy atom. The van der Waals surface area contributed by atoms with Crippen molar-refractivity contribution in [2.24, 2.45) is 11.8 Å². The molecule has 0 aliphatic carbocycles. The molecule has 0 aliphatic heterocycles. The van der Waals surface area contributed by atoms with E-state index in [1.807, 2.05) is 172 Å². The van der Waals surface area contributed by atoms with Crippen molar-refractivity contribution in [3.63, 3.8) is 0 Å². The van der Waals surface area contributed by atoms with Crippen molar-refractivity contribution in [3.8, 4) is 86.2 Å². The van der Waals surface area contributed by atoms with Gasteiger partial charge in [-0.15, -0.1) is 0 Å². The molecule has 0 spiro atoms. The van der Waals surface area contributed by atoms with Crippen LogP contribution in [-0.4, -0.2) is 54.4 Å². The quantitative estimate of drug-likeness (QED) is 0.0251. The number of hydrogen-bond donors (Lipinski definition) is 5. The summed E-state index contributed by atoms with van der Waals surface area (Å²) in [6.45, 7) is 13.4. The first kappa shape index (κ1) is 78.2. The zero-order valence-corrected chi connectivity index (χ0v) is 56.4. The SMILES string of the molecule is C.CC(C)C(=O)c1ccc(Oc2ccccc2)cc1O.CC(C)CC(=O)c1ccc(Oc2ccccc2)cc1O.CCC(=O)c1ccc(Oc2ccccc2)cc1O.CCCCC(=O)c1ccc(Oc2ccccc2)cc1O.CCCCCC(=O)c1ccc(Oc2ccccc2)cc1O. The van der Waals surface area contributed by atoms with Crippen molar-refractivity contribution in [2.75, 3.05) is 0 Å². The molecule has 0 unspecified atom stereocenters. The fourth-order valence-corrected chi connectivity index (χ4v) is 9.27. The number of phenols is 5. The van der Waals surface area contributed by atoms with Gasteiger partial charge in [-0.2, -0.15) is 0 Å². The van der Waals surface area contributed by atoms with E-state index in [0.717, 1.165) is 32.1 Å². The number of ketones is 5. The lowest BCUT2D eigenvalue weighted by molar-refractivity contribution is 0.0932. The van der Waals surface area contributed by atoms with E-state index >= 15 is 0 Å². The average Bonchev–Trinajstić information content (AvgIpc) is 0.885. The molecule has 5 N–H and O–H groups in total. The van der Waals surface area contributed by atoms with Crippen molar-refractivity contribution >= 4 is 28.9 Å². The summed E-state index contributed by atoms with van der Waals surface area (Å²) in [6.07, 6.45) is 6.48. The van der Waals surface area contributed by atoms with Crippen LogP contribution in [-0.2, 0) is 0 Å². The fraction of sp³-hybridized carbons (Fsp3) is 0.226. The van der Waals surface area contributed by atoms with E-state index in [0.29, 0.717) is 111 Å². The van der Waals surface area contributed by atoms with Crippen LogP contribution in [0.1, 0.15) is 165 Å². The Balaban J connectivity index is 0.000000223. The minimum Gasteiger partial charge on any atom is -0.507 e. The second kappa shape index (κ2) is 41.5. The summed E-state index contributed by atoms with van der Waals surface area (Å²) in [4.78, 5) is 59.2. The van der Waals surface area contributed by atoms with E-state index in [9.17, 15) is 49.5 Å². The number of phenolic OH excluding ortho intramolecular Hbond substituents is 5. The lowest BCUT2D eigenvalue weighted by Crippen LogP contribution is -2.07. The monoisotopic (exact) mass is 1340 g/mol. The van der Waals surface area contributed by atoms with Gasteiger partial charge in [-0.25, -0.2) is 0 Å². The minimum absolute atomic E-state index is 0. The number of unbranched alkanes of at least 4 members (excludes halogenated alkanes) is 3. The van der Waals surface area contributed by atoms with E-state index in [2.05, 4.69) is 6.92 Å². The Hall–Kier alpha value is -11.5. The Morgan fingerprint density at radius 3 is 0.798 bits per heavy atom. The summed E-state index contributed by atoms with van der Waals surface area (Å²) >= 11 is 0. The number of ether oxygens (including phenoxy) is 5. The Kier molecular flexibility index (Phi) is 32.8. The molecule has 0 amide bonds. The lowest BCUT2D eigenvalue weighted by Gasteiger charge is -2.09. The highest BCUT2D eigenvalue weighted by molar-refractivity contribution is 6.01. The van der Waals surface area contributed by atoms with Crippen molar-refractivity contribution in [1.82, 2.24) is 0 Å². The van der Waals surface area contributed by atoms with Crippen LogP contribution in [0.25, 0.3) is 0 Å². The summed E-state index contributed by atoms with van der Waals surface area (Å²) in [5, 5.41) is 49.5. The molecule has 0 saturated carbocycles. The number of carbonyl (C=O) groups is 5. The van der Waals surface area contributed by atoms with Crippen molar-refractivity contribution in [3.05, 3.63) is 270 Å². The summed E-state index contributed by atoms with van der Waals surface area (Å²) in [5.74, 6) is 5.66. The molecule has 10 aromatic rings. The third kappa shape index (κ3) is 26.6. The maximum absolute atomic E-state index is 12.0. The number of Topliss-reactive ketones (excluding diaryl/α,β-unsaturated/α-hetero) is 5. The fourth-order valence-electron chi connectivity index (χ4n) is 9.27. The molecule has 0 aromatic heterocycles. The largest absolute Gasteiger partial charge is 0.507 e. The third-order valence-electron chi connectivity index (χ3n) is 14.4. The van der Waals surface area contributed by atoms with Gasteiger partial charge < -0.3 is 49.2 Å². The predicted molar refractivity (Wildman–Crippen MR) is 390 cm³/mol. The first-order valence-corrected chi connectivity index (χ1v) is 32.7. The zero-order chi connectivity index (χ0) is 70.8. The minimum atomic E-state index is -0.146. The molecule has 0 atom stereocenters. The number of para-hydroxylation sites is 5. The smallest absolute Gasteiger partial charge is 0.169 e. The molecule has 0 radical (unpaired) electrons. The van der Waals surface area contributed by atoms with Crippen molar-refractivity contribution in [1.29, 1.82) is 0 Å². The molecule has 99 heavy (non-hydrogen) atoms. The predicted octanol–water partition coefficient (Wildman–Crippen LogP) is 22.4. The molecule has 15 nitrogen and oxygen atoms in total. The van der Waals surface area contributed by atoms with Gasteiger partial charge in [-0.3, -0.25) is 24.0 Å². The maximum atomic E-state index is 12.0. The first-order chi connectivity index (χ1) is 47.2. The topological polar surface area (TPSA) is 233 Å². The molecule has 0 heterocycles. The van der Waals surface area contributed by atoms with Gasteiger partial charge >= 0.3 is 0 Å². The van der Waals surface area contributed by atoms with Crippen molar-refractivity contribution in [2.45, 2.75) is 114 Å². The summed E-state index contributed by atoms with van der Waals surface area (Å²) in [6, 6.07) is 70.3. The van der Waals surface area contributed by atoms with Crippen molar-refractivity contribution < 1.29 is 73.2 Å². The highest BCUT2D eigenvalue weighted by atomic mass is 16.5. The van der Waals surface area contributed by atoms with E-state index in [1.54, 1.807) is 81.4 Å². The van der Waals surface area contributed by atoms with Gasteiger partial charge in [0, 0.05) is 61.9 Å². The number of aromatic hydroxyl groups is 5. The molecule has 0 fully saturated rings. The standard InChI is InChI=1S/C18H20O3.2C17H18O3.C16H16O3.C15H14O3.CH4/c1-2-3-5-10-17(19)16-12-11-15(13-18(16)20)21-14-8-6-4-7-9-14;1-12(2)10-16(18)15-9-8-14(11-17(15)19)20-13-6-4-3-5-7-13;1-2-3-9-16(18)15-11-10-14(12-17(15)19)20-13-7-5-4-6-8-13;1-11(2)16(18)14-9-8-13(10-15(14)17)19-12-6-4-3-5-7-12;1-2-14(16)13-9-8-12(10-15(13)17)18-11-6-4-3-5-7-11;/h4,6-9,11-13,20H,2-3,5,10H2,1H3;3-9,11-12,19H,10H2,1-2H3;4-8,10-12,19H,2-3,9H2,1H3;3-11,17H,1-2H3;3-10,17H,2H2,1H3;1H4. The molecule has 0 aliphatic rings. The van der Waals surface area contributed by atoms with E-state index in [1.165, 1.54) is 30.3 Å². The Bertz CT molecular complexity index is 4120. The molecule has 10 aromatic carbocycles.